The predicted molar refractivity (Wildman–Crippen MR) is 82.8 cm³/mol. The molecule has 0 spiro atoms. The summed E-state index contributed by atoms with van der Waals surface area (Å²) in [6.07, 6.45) is 3.24. The number of nitrogens with zero attached hydrogens (tertiary/aromatic N) is 3. The van der Waals surface area contributed by atoms with E-state index in [0.29, 0.717) is 16.3 Å². The lowest BCUT2D eigenvalue weighted by molar-refractivity contribution is 0.102. The number of fused-ring (bicyclic) bond motifs is 1. The second kappa shape index (κ2) is 5.30. The lowest BCUT2D eigenvalue weighted by Crippen LogP contribution is -2.13. The maximum absolute atomic E-state index is 12.7. The molecule has 106 valence electrons. The van der Waals surface area contributed by atoms with Crippen LogP contribution >= 0.6 is 11.6 Å². The number of aromatic nitrogens is 3. The van der Waals surface area contributed by atoms with Crippen molar-refractivity contribution >= 4 is 28.3 Å². The van der Waals surface area contributed by atoms with Crippen molar-refractivity contribution in [2.45, 2.75) is 19.9 Å². The quantitative estimate of drug-likeness (QED) is 0.689. The first-order valence-corrected chi connectivity index (χ1v) is 7.08. The molecule has 1 aromatic carbocycles. The van der Waals surface area contributed by atoms with E-state index in [2.05, 4.69) is 10.1 Å². The molecule has 0 N–H and O–H groups in total. The Bertz CT molecular complexity index is 823. The molecule has 0 aliphatic carbocycles. The van der Waals surface area contributed by atoms with Gasteiger partial charge in [-0.25, -0.2) is 0 Å². The number of pyridine rings is 1. The molecule has 2 heterocycles. The standard InChI is InChI=1S/C16H14ClN3O/c1-10(2)20-15(13(17)9-19-20)16(21)12-5-6-14-11(8-12)4-3-7-18-14/h3-10H,1-2H3. The predicted octanol–water partition coefficient (Wildman–Crippen LogP) is 3.90. The summed E-state index contributed by atoms with van der Waals surface area (Å²) in [6.45, 7) is 3.93. The van der Waals surface area contributed by atoms with Crippen molar-refractivity contribution < 1.29 is 4.79 Å². The van der Waals surface area contributed by atoms with Crippen LogP contribution in [0.5, 0.6) is 0 Å². The van der Waals surface area contributed by atoms with E-state index in [4.69, 9.17) is 11.6 Å². The van der Waals surface area contributed by atoms with Gasteiger partial charge in [-0.3, -0.25) is 14.5 Å². The van der Waals surface area contributed by atoms with Crippen LogP contribution in [-0.2, 0) is 0 Å². The van der Waals surface area contributed by atoms with Crippen molar-refractivity contribution in [3.63, 3.8) is 0 Å². The lowest BCUT2D eigenvalue weighted by Gasteiger charge is -2.10. The molecular formula is C16H14ClN3O. The molecule has 0 saturated carbocycles. The molecule has 0 atom stereocenters. The van der Waals surface area contributed by atoms with E-state index in [1.807, 2.05) is 38.1 Å². The largest absolute Gasteiger partial charge is 0.287 e. The normalized spacial score (nSPS) is 11.2. The molecule has 2 aromatic heterocycles. The highest BCUT2D eigenvalue weighted by Gasteiger charge is 2.20. The van der Waals surface area contributed by atoms with Gasteiger partial charge in [0.1, 0.15) is 5.69 Å². The molecule has 5 heteroatoms. The molecule has 0 bridgehead atoms. The van der Waals surface area contributed by atoms with Gasteiger partial charge in [-0.15, -0.1) is 0 Å². The zero-order valence-corrected chi connectivity index (χ0v) is 12.5. The second-order valence-corrected chi connectivity index (χ2v) is 5.53. The Morgan fingerprint density at radius 3 is 2.86 bits per heavy atom. The number of rotatable bonds is 3. The average molecular weight is 300 g/mol. The Labute approximate surface area is 127 Å². The zero-order chi connectivity index (χ0) is 15.0. The highest BCUT2D eigenvalue weighted by atomic mass is 35.5. The molecule has 0 amide bonds. The highest BCUT2D eigenvalue weighted by molar-refractivity contribution is 6.34. The van der Waals surface area contributed by atoms with Crippen LogP contribution in [0.2, 0.25) is 5.02 Å². The van der Waals surface area contributed by atoms with Crippen molar-refractivity contribution in [3.05, 3.63) is 59.0 Å². The van der Waals surface area contributed by atoms with Crippen LogP contribution in [0.15, 0.2) is 42.7 Å². The molecule has 0 fully saturated rings. The van der Waals surface area contributed by atoms with Crippen molar-refractivity contribution in [1.82, 2.24) is 14.8 Å². The molecule has 21 heavy (non-hydrogen) atoms. The number of hydrogen-bond donors (Lipinski definition) is 0. The summed E-state index contributed by atoms with van der Waals surface area (Å²) < 4.78 is 1.65. The van der Waals surface area contributed by atoms with Gasteiger partial charge < -0.3 is 0 Å². The Balaban J connectivity index is 2.10. The number of hydrogen-bond acceptors (Lipinski definition) is 3. The van der Waals surface area contributed by atoms with Crippen LogP contribution in [0.3, 0.4) is 0 Å². The fourth-order valence-electron chi connectivity index (χ4n) is 2.30. The van der Waals surface area contributed by atoms with E-state index in [1.54, 1.807) is 16.9 Å². The summed E-state index contributed by atoms with van der Waals surface area (Å²) in [5.74, 6) is -0.128. The number of carbonyl (C=O) groups is 1. The maximum Gasteiger partial charge on any atom is 0.212 e. The van der Waals surface area contributed by atoms with Crippen molar-refractivity contribution in [3.8, 4) is 0 Å². The van der Waals surface area contributed by atoms with Crippen LogP contribution in [-0.4, -0.2) is 20.5 Å². The molecule has 0 saturated heterocycles. The van der Waals surface area contributed by atoms with Gasteiger partial charge in [-0.1, -0.05) is 17.7 Å². The van der Waals surface area contributed by atoms with Crippen LogP contribution < -0.4 is 0 Å². The first-order valence-electron chi connectivity index (χ1n) is 6.70. The van der Waals surface area contributed by atoms with Crippen molar-refractivity contribution in [1.29, 1.82) is 0 Å². The van der Waals surface area contributed by atoms with Crippen LogP contribution in [0.4, 0.5) is 0 Å². The van der Waals surface area contributed by atoms with Gasteiger partial charge in [0.05, 0.1) is 16.7 Å². The molecule has 0 radical (unpaired) electrons. The van der Waals surface area contributed by atoms with Crippen LogP contribution in [0.1, 0.15) is 35.9 Å². The van der Waals surface area contributed by atoms with Crippen molar-refractivity contribution in [2.75, 3.05) is 0 Å². The first-order chi connectivity index (χ1) is 10.1. The number of benzene rings is 1. The molecule has 3 aromatic rings. The van der Waals surface area contributed by atoms with Gasteiger partial charge >= 0.3 is 0 Å². The highest BCUT2D eigenvalue weighted by Crippen LogP contribution is 2.23. The van der Waals surface area contributed by atoms with Crippen molar-refractivity contribution in [2.24, 2.45) is 0 Å². The first kappa shape index (κ1) is 13.8. The number of ketones is 1. The van der Waals surface area contributed by atoms with E-state index in [1.165, 1.54) is 6.20 Å². The monoisotopic (exact) mass is 299 g/mol. The summed E-state index contributed by atoms with van der Waals surface area (Å²) in [5.41, 5.74) is 1.87. The van der Waals surface area contributed by atoms with Gasteiger partial charge in [-0.05, 0) is 38.1 Å². The summed E-state index contributed by atoms with van der Waals surface area (Å²) in [4.78, 5) is 17.0. The minimum atomic E-state index is -0.128. The summed E-state index contributed by atoms with van der Waals surface area (Å²) in [7, 11) is 0. The Kier molecular flexibility index (Phi) is 3.47. The Morgan fingerprint density at radius 1 is 1.29 bits per heavy atom. The SMILES string of the molecule is CC(C)n1ncc(Cl)c1C(=O)c1ccc2ncccc2c1. The fourth-order valence-corrected chi connectivity index (χ4v) is 2.51. The Morgan fingerprint density at radius 2 is 2.10 bits per heavy atom. The zero-order valence-electron chi connectivity index (χ0n) is 11.7. The molecule has 0 aliphatic rings. The van der Waals surface area contributed by atoms with Crippen LogP contribution in [0, 0.1) is 0 Å². The third-order valence-corrected chi connectivity index (χ3v) is 3.60. The molecular weight excluding hydrogens is 286 g/mol. The van der Waals surface area contributed by atoms with Gasteiger partial charge in [0, 0.05) is 23.2 Å². The minimum Gasteiger partial charge on any atom is -0.287 e. The topological polar surface area (TPSA) is 47.8 Å². The third kappa shape index (κ3) is 2.43. The fraction of sp³-hybridized carbons (Fsp3) is 0.188. The average Bonchev–Trinajstić information content (AvgIpc) is 2.88. The smallest absolute Gasteiger partial charge is 0.212 e. The number of carbonyl (C=O) groups excluding carboxylic acids is 1. The summed E-state index contributed by atoms with van der Waals surface area (Å²) >= 11 is 6.14. The second-order valence-electron chi connectivity index (χ2n) is 5.12. The van der Waals surface area contributed by atoms with Gasteiger partial charge in [0.2, 0.25) is 5.78 Å². The summed E-state index contributed by atoms with van der Waals surface area (Å²) in [5, 5.41) is 5.48. The third-order valence-electron chi connectivity index (χ3n) is 3.32. The van der Waals surface area contributed by atoms with E-state index >= 15 is 0 Å². The van der Waals surface area contributed by atoms with Gasteiger partial charge in [-0.2, -0.15) is 5.10 Å². The molecule has 0 aliphatic heterocycles. The number of halogens is 1. The minimum absolute atomic E-state index is 0.0681. The van der Waals surface area contributed by atoms with Gasteiger partial charge in [0.25, 0.3) is 0 Å². The van der Waals surface area contributed by atoms with E-state index in [9.17, 15) is 4.79 Å². The van der Waals surface area contributed by atoms with E-state index in [0.717, 1.165) is 10.9 Å². The van der Waals surface area contributed by atoms with Gasteiger partial charge in [0.15, 0.2) is 0 Å². The lowest BCUT2D eigenvalue weighted by atomic mass is 10.1. The molecule has 3 rings (SSSR count). The maximum atomic E-state index is 12.7. The summed E-state index contributed by atoms with van der Waals surface area (Å²) in [6, 6.07) is 9.29. The molecule has 0 unspecified atom stereocenters. The van der Waals surface area contributed by atoms with E-state index < -0.39 is 0 Å². The Hall–Kier alpha value is -2.20. The molecule has 4 nitrogen and oxygen atoms in total. The van der Waals surface area contributed by atoms with E-state index in [-0.39, 0.29) is 11.8 Å². The van der Waals surface area contributed by atoms with Crippen LogP contribution in [0.25, 0.3) is 10.9 Å².